The number of nitrogens with zero attached hydrogens (tertiary/aromatic N) is 2. The van der Waals surface area contributed by atoms with Gasteiger partial charge in [-0.3, -0.25) is 4.68 Å². The average Bonchev–Trinajstić information content (AvgIpc) is 2.80. The van der Waals surface area contributed by atoms with Crippen LogP contribution in [0, 0.1) is 17.0 Å². The first-order valence-corrected chi connectivity index (χ1v) is 7.38. The first kappa shape index (κ1) is 16.6. The van der Waals surface area contributed by atoms with Crippen molar-refractivity contribution in [2.75, 3.05) is 0 Å². The van der Waals surface area contributed by atoms with Crippen LogP contribution in [0.4, 0.5) is 8.78 Å². The molecule has 0 bridgehead atoms. The van der Waals surface area contributed by atoms with Gasteiger partial charge in [-0.05, 0) is 18.4 Å². The topological polar surface area (TPSA) is 29.9 Å². The molecule has 120 valence electrons. The maximum Gasteiger partial charge on any atom is 0.130 e. The average molecular weight is 307 g/mol. The maximum absolute atomic E-state index is 14.0. The van der Waals surface area contributed by atoms with Gasteiger partial charge in [-0.2, -0.15) is 5.10 Å². The van der Waals surface area contributed by atoms with E-state index in [2.05, 4.69) is 31.2 Å². The molecule has 2 unspecified atom stereocenters. The minimum absolute atomic E-state index is 0.000605. The molecule has 0 aliphatic carbocycles. The van der Waals surface area contributed by atoms with E-state index in [-0.39, 0.29) is 17.5 Å². The summed E-state index contributed by atoms with van der Waals surface area (Å²) >= 11 is 0. The van der Waals surface area contributed by atoms with Gasteiger partial charge in [0.2, 0.25) is 0 Å². The Kier molecular flexibility index (Phi) is 4.66. The van der Waals surface area contributed by atoms with Crippen molar-refractivity contribution in [1.29, 1.82) is 0 Å². The van der Waals surface area contributed by atoms with Crippen LogP contribution >= 0.6 is 0 Å². The van der Waals surface area contributed by atoms with Gasteiger partial charge in [-0.25, -0.2) is 8.78 Å². The highest BCUT2D eigenvalue weighted by atomic mass is 19.1. The van der Waals surface area contributed by atoms with E-state index >= 15 is 0 Å². The predicted octanol–water partition coefficient (Wildman–Crippen LogP) is 4.14. The highest BCUT2D eigenvalue weighted by Gasteiger charge is 2.29. The number of halogens is 2. The molecule has 0 radical (unpaired) electrons. The number of aromatic nitrogens is 2. The first-order chi connectivity index (χ1) is 10.2. The minimum atomic E-state index is -0.562. The van der Waals surface area contributed by atoms with Crippen LogP contribution in [0.5, 0.6) is 0 Å². The van der Waals surface area contributed by atoms with Crippen molar-refractivity contribution in [3.63, 3.8) is 0 Å². The summed E-state index contributed by atoms with van der Waals surface area (Å²) in [5.41, 5.74) is 1.43. The summed E-state index contributed by atoms with van der Waals surface area (Å²) in [6.45, 7) is 8.23. The molecule has 1 heterocycles. The second-order valence-electron chi connectivity index (χ2n) is 6.80. The minimum Gasteiger partial charge on any atom is -0.303 e. The number of hydrogen-bond acceptors (Lipinski definition) is 2. The quantitative estimate of drug-likeness (QED) is 0.920. The molecular weight excluding hydrogens is 284 g/mol. The van der Waals surface area contributed by atoms with Gasteiger partial charge in [-0.15, -0.1) is 0 Å². The molecule has 2 aromatic rings. The van der Waals surface area contributed by atoms with E-state index in [1.54, 1.807) is 4.68 Å². The molecule has 0 saturated heterocycles. The fraction of sp³-hybridized carbons (Fsp3) is 0.471. The molecule has 1 N–H and O–H groups in total. The Bertz CT molecular complexity index is 644. The molecule has 2 atom stereocenters. The van der Waals surface area contributed by atoms with Gasteiger partial charge < -0.3 is 5.32 Å². The highest BCUT2D eigenvalue weighted by Crippen LogP contribution is 2.35. The van der Waals surface area contributed by atoms with Crippen molar-refractivity contribution >= 4 is 0 Å². The monoisotopic (exact) mass is 307 g/mol. The first-order valence-electron chi connectivity index (χ1n) is 7.38. The Morgan fingerprint density at radius 2 is 1.91 bits per heavy atom. The van der Waals surface area contributed by atoms with Gasteiger partial charge in [0, 0.05) is 42.5 Å². The standard InChI is InChI=1S/C17H23F2N3/c1-11(14-7-6-13(18)8-15(14)19)21-16(17(2,3)4)12-9-20-22(5)10-12/h6-11,16,21H,1-5H3. The molecule has 22 heavy (non-hydrogen) atoms. The van der Waals surface area contributed by atoms with Gasteiger partial charge in [0.05, 0.1) is 6.20 Å². The van der Waals surface area contributed by atoms with E-state index < -0.39 is 11.6 Å². The molecule has 1 aromatic carbocycles. The number of hydrogen-bond donors (Lipinski definition) is 1. The summed E-state index contributed by atoms with van der Waals surface area (Å²) in [5, 5.41) is 7.66. The zero-order valence-corrected chi connectivity index (χ0v) is 13.7. The SMILES string of the molecule is CC(NC(c1cnn(C)c1)C(C)(C)C)c1ccc(F)cc1F. The highest BCUT2D eigenvalue weighted by molar-refractivity contribution is 5.23. The van der Waals surface area contributed by atoms with Crippen LogP contribution in [0.2, 0.25) is 0 Å². The second-order valence-corrected chi connectivity index (χ2v) is 6.80. The number of nitrogens with one attached hydrogen (secondary N) is 1. The zero-order chi connectivity index (χ0) is 16.5. The Morgan fingerprint density at radius 1 is 1.23 bits per heavy atom. The zero-order valence-electron chi connectivity index (χ0n) is 13.7. The summed E-state index contributed by atoms with van der Waals surface area (Å²) in [6.07, 6.45) is 3.77. The number of aryl methyl sites for hydroxylation is 1. The normalized spacial score (nSPS) is 14.9. The smallest absolute Gasteiger partial charge is 0.130 e. The van der Waals surface area contributed by atoms with E-state index in [4.69, 9.17) is 0 Å². The third kappa shape index (κ3) is 3.71. The van der Waals surface area contributed by atoms with Crippen LogP contribution in [0.15, 0.2) is 30.6 Å². The molecule has 0 amide bonds. The summed E-state index contributed by atoms with van der Waals surface area (Å²) in [7, 11) is 1.87. The van der Waals surface area contributed by atoms with E-state index in [1.165, 1.54) is 12.1 Å². The lowest BCUT2D eigenvalue weighted by Gasteiger charge is -2.33. The fourth-order valence-corrected chi connectivity index (χ4v) is 2.63. The van der Waals surface area contributed by atoms with Crippen LogP contribution in [0.3, 0.4) is 0 Å². The Hall–Kier alpha value is -1.75. The lowest BCUT2D eigenvalue weighted by Crippen LogP contribution is -2.34. The second kappa shape index (κ2) is 6.16. The Labute approximate surface area is 130 Å². The fourth-order valence-electron chi connectivity index (χ4n) is 2.63. The Morgan fingerprint density at radius 3 is 2.41 bits per heavy atom. The number of rotatable bonds is 4. The van der Waals surface area contributed by atoms with Gasteiger partial charge >= 0.3 is 0 Å². The molecule has 0 fully saturated rings. The van der Waals surface area contributed by atoms with Crippen molar-refractivity contribution in [2.45, 2.75) is 39.8 Å². The molecule has 0 aliphatic heterocycles. The third-order valence-corrected chi connectivity index (χ3v) is 3.77. The molecule has 3 nitrogen and oxygen atoms in total. The summed E-state index contributed by atoms with van der Waals surface area (Å²) in [6, 6.07) is 3.45. The third-order valence-electron chi connectivity index (χ3n) is 3.77. The maximum atomic E-state index is 14.0. The summed E-state index contributed by atoms with van der Waals surface area (Å²) < 4.78 is 28.8. The van der Waals surface area contributed by atoms with E-state index in [0.29, 0.717) is 5.56 Å². The predicted molar refractivity (Wildman–Crippen MR) is 83.3 cm³/mol. The molecule has 0 spiro atoms. The van der Waals surface area contributed by atoms with Crippen LogP contribution in [0.25, 0.3) is 0 Å². The van der Waals surface area contributed by atoms with Crippen LogP contribution in [-0.2, 0) is 7.05 Å². The largest absolute Gasteiger partial charge is 0.303 e. The summed E-state index contributed by atoms with van der Waals surface area (Å²) in [4.78, 5) is 0. The molecule has 2 rings (SSSR count). The van der Waals surface area contributed by atoms with E-state index in [0.717, 1.165) is 11.6 Å². The molecular formula is C17H23F2N3. The van der Waals surface area contributed by atoms with Crippen molar-refractivity contribution in [2.24, 2.45) is 12.5 Å². The van der Waals surface area contributed by atoms with Crippen molar-refractivity contribution in [1.82, 2.24) is 15.1 Å². The van der Waals surface area contributed by atoms with Gasteiger partial charge in [0.25, 0.3) is 0 Å². The van der Waals surface area contributed by atoms with Crippen molar-refractivity contribution in [3.8, 4) is 0 Å². The van der Waals surface area contributed by atoms with Crippen LogP contribution in [0.1, 0.15) is 50.9 Å². The van der Waals surface area contributed by atoms with Crippen molar-refractivity contribution in [3.05, 3.63) is 53.4 Å². The molecule has 5 heteroatoms. The van der Waals surface area contributed by atoms with Gasteiger partial charge in [0.15, 0.2) is 0 Å². The van der Waals surface area contributed by atoms with Gasteiger partial charge in [0.1, 0.15) is 11.6 Å². The molecule has 0 aliphatic rings. The van der Waals surface area contributed by atoms with Crippen LogP contribution in [-0.4, -0.2) is 9.78 Å². The Balaban J connectivity index is 2.27. The van der Waals surface area contributed by atoms with E-state index in [9.17, 15) is 8.78 Å². The van der Waals surface area contributed by atoms with Gasteiger partial charge in [-0.1, -0.05) is 26.8 Å². The summed E-state index contributed by atoms with van der Waals surface area (Å²) in [5.74, 6) is -1.09. The lowest BCUT2D eigenvalue weighted by atomic mass is 9.82. The van der Waals surface area contributed by atoms with Crippen LogP contribution < -0.4 is 5.32 Å². The lowest BCUT2D eigenvalue weighted by molar-refractivity contribution is 0.252. The molecule has 0 saturated carbocycles. The number of benzene rings is 1. The van der Waals surface area contributed by atoms with E-state index in [1.807, 2.05) is 26.4 Å². The molecule has 1 aromatic heterocycles. The van der Waals surface area contributed by atoms with Crippen molar-refractivity contribution < 1.29 is 8.78 Å².